The van der Waals surface area contributed by atoms with E-state index in [1.165, 1.54) is 5.57 Å². The third-order valence-electron chi connectivity index (χ3n) is 4.39. The van der Waals surface area contributed by atoms with Crippen LogP contribution in [0, 0.1) is 22.7 Å². The van der Waals surface area contributed by atoms with Crippen molar-refractivity contribution in [1.82, 2.24) is 0 Å². The zero-order valence-electron chi connectivity index (χ0n) is 11.0. The molecule has 1 aliphatic heterocycles. The first-order valence-electron chi connectivity index (χ1n) is 6.35. The van der Waals surface area contributed by atoms with Crippen molar-refractivity contribution in [3.8, 4) is 6.07 Å². The first kappa shape index (κ1) is 12.6. The van der Waals surface area contributed by atoms with Gasteiger partial charge < -0.3 is 9.47 Å². The van der Waals surface area contributed by atoms with Gasteiger partial charge in [0.1, 0.15) is 0 Å². The normalized spacial score (nSPS) is 30.0. The lowest BCUT2D eigenvalue weighted by Crippen LogP contribution is -2.52. The highest BCUT2D eigenvalue weighted by atomic mass is 16.7. The number of hydrogen-bond acceptors (Lipinski definition) is 3. The van der Waals surface area contributed by atoms with Gasteiger partial charge in [-0.15, -0.1) is 0 Å². The summed E-state index contributed by atoms with van der Waals surface area (Å²) < 4.78 is 11.8. The minimum atomic E-state index is -0.466. The van der Waals surface area contributed by atoms with Gasteiger partial charge in [0.2, 0.25) is 0 Å². The number of allylic oxidation sites excluding steroid dienone is 1. The van der Waals surface area contributed by atoms with E-state index in [-0.39, 0.29) is 5.41 Å². The quantitative estimate of drug-likeness (QED) is 0.691. The van der Waals surface area contributed by atoms with Gasteiger partial charge in [0, 0.05) is 18.3 Å². The van der Waals surface area contributed by atoms with E-state index in [2.05, 4.69) is 32.9 Å². The van der Waals surface area contributed by atoms with E-state index in [1.807, 2.05) is 0 Å². The second-order valence-corrected chi connectivity index (χ2v) is 5.57. The molecular formula is C14H21NO2. The van der Waals surface area contributed by atoms with E-state index in [1.54, 1.807) is 0 Å². The molecule has 0 unspecified atom stereocenters. The average molecular weight is 235 g/mol. The van der Waals surface area contributed by atoms with Crippen LogP contribution < -0.4 is 0 Å². The Kier molecular flexibility index (Phi) is 3.29. The van der Waals surface area contributed by atoms with Crippen LogP contribution in [0.2, 0.25) is 0 Å². The monoisotopic (exact) mass is 235 g/mol. The molecule has 3 heteroatoms. The topological polar surface area (TPSA) is 42.2 Å². The standard InChI is InChI=1S/C14H21NO2/c1-11-6-7-14(16-9-10-17-14)13(2,3)12(11)5-4-8-15/h6,12H,4-5,7,9-10H2,1-3H3/t12-/m1/s1. The number of nitrogens with zero attached hydrogens (tertiary/aromatic N) is 1. The van der Waals surface area contributed by atoms with Gasteiger partial charge in [-0.05, 0) is 19.3 Å². The summed E-state index contributed by atoms with van der Waals surface area (Å²) in [6, 6.07) is 2.24. The van der Waals surface area contributed by atoms with Crippen molar-refractivity contribution in [3.05, 3.63) is 11.6 Å². The predicted molar refractivity (Wildman–Crippen MR) is 65.1 cm³/mol. The summed E-state index contributed by atoms with van der Waals surface area (Å²) in [5.74, 6) is -0.0962. The Balaban J connectivity index is 2.28. The Hall–Kier alpha value is -0.850. The summed E-state index contributed by atoms with van der Waals surface area (Å²) >= 11 is 0. The molecule has 1 aliphatic carbocycles. The highest BCUT2D eigenvalue weighted by molar-refractivity contribution is 5.18. The molecule has 0 aromatic heterocycles. The fourth-order valence-corrected chi connectivity index (χ4v) is 3.28. The molecule has 0 aromatic rings. The number of hydrogen-bond donors (Lipinski definition) is 0. The van der Waals surface area contributed by atoms with E-state index in [9.17, 15) is 0 Å². The Morgan fingerprint density at radius 2 is 2.06 bits per heavy atom. The van der Waals surface area contributed by atoms with Crippen LogP contribution in [-0.2, 0) is 9.47 Å². The van der Waals surface area contributed by atoms with Crippen LogP contribution in [0.5, 0.6) is 0 Å². The highest BCUT2D eigenvalue weighted by Crippen LogP contribution is 2.53. The Morgan fingerprint density at radius 1 is 1.41 bits per heavy atom. The maximum atomic E-state index is 8.78. The first-order chi connectivity index (χ1) is 8.03. The van der Waals surface area contributed by atoms with Crippen molar-refractivity contribution >= 4 is 0 Å². The van der Waals surface area contributed by atoms with Crippen LogP contribution in [0.3, 0.4) is 0 Å². The maximum Gasteiger partial charge on any atom is 0.177 e. The zero-order chi connectivity index (χ0) is 12.5. The number of nitriles is 1. The molecule has 94 valence electrons. The van der Waals surface area contributed by atoms with Crippen molar-refractivity contribution in [2.45, 2.75) is 45.8 Å². The molecule has 1 atom stereocenters. The van der Waals surface area contributed by atoms with Gasteiger partial charge in [0.05, 0.1) is 19.3 Å². The highest BCUT2D eigenvalue weighted by Gasteiger charge is 2.55. The molecule has 0 bridgehead atoms. The molecular weight excluding hydrogens is 214 g/mol. The van der Waals surface area contributed by atoms with Crippen LogP contribution in [0.15, 0.2) is 11.6 Å². The summed E-state index contributed by atoms with van der Waals surface area (Å²) in [6.45, 7) is 7.93. The van der Waals surface area contributed by atoms with Crippen LogP contribution in [-0.4, -0.2) is 19.0 Å². The number of rotatable bonds is 2. The van der Waals surface area contributed by atoms with E-state index in [4.69, 9.17) is 14.7 Å². The third kappa shape index (κ3) is 1.90. The van der Waals surface area contributed by atoms with Crippen molar-refractivity contribution in [2.24, 2.45) is 11.3 Å². The average Bonchev–Trinajstić information content (AvgIpc) is 2.75. The van der Waals surface area contributed by atoms with Crippen molar-refractivity contribution in [2.75, 3.05) is 13.2 Å². The van der Waals surface area contributed by atoms with Crippen LogP contribution in [0.4, 0.5) is 0 Å². The molecule has 0 amide bonds. The van der Waals surface area contributed by atoms with Gasteiger partial charge in [-0.25, -0.2) is 0 Å². The van der Waals surface area contributed by atoms with E-state index >= 15 is 0 Å². The second kappa shape index (κ2) is 4.44. The Morgan fingerprint density at radius 3 is 2.65 bits per heavy atom. The summed E-state index contributed by atoms with van der Waals surface area (Å²) in [5.41, 5.74) is 1.30. The van der Waals surface area contributed by atoms with Gasteiger partial charge in [-0.3, -0.25) is 0 Å². The van der Waals surface area contributed by atoms with E-state index < -0.39 is 5.79 Å². The van der Waals surface area contributed by atoms with Crippen LogP contribution >= 0.6 is 0 Å². The molecule has 0 aromatic carbocycles. The predicted octanol–water partition coefficient (Wildman–Crippen LogP) is 3.03. The summed E-state index contributed by atoms with van der Waals surface area (Å²) in [5, 5.41) is 8.78. The number of ether oxygens (including phenoxy) is 2. The van der Waals surface area contributed by atoms with Gasteiger partial charge in [0.25, 0.3) is 0 Å². The van der Waals surface area contributed by atoms with Crippen LogP contribution in [0.1, 0.15) is 40.0 Å². The molecule has 17 heavy (non-hydrogen) atoms. The second-order valence-electron chi connectivity index (χ2n) is 5.57. The summed E-state index contributed by atoms with van der Waals surface area (Å²) in [6.07, 6.45) is 4.53. The van der Waals surface area contributed by atoms with E-state index in [0.29, 0.717) is 25.6 Å². The van der Waals surface area contributed by atoms with Gasteiger partial charge in [0.15, 0.2) is 5.79 Å². The third-order valence-corrected chi connectivity index (χ3v) is 4.39. The maximum absolute atomic E-state index is 8.78. The fraction of sp³-hybridized carbons (Fsp3) is 0.786. The lowest BCUT2D eigenvalue weighted by Gasteiger charge is -2.50. The van der Waals surface area contributed by atoms with Crippen molar-refractivity contribution < 1.29 is 9.47 Å². The molecule has 1 saturated heterocycles. The minimum absolute atomic E-state index is 0.0703. The van der Waals surface area contributed by atoms with Crippen molar-refractivity contribution in [3.63, 3.8) is 0 Å². The smallest absolute Gasteiger partial charge is 0.177 e. The van der Waals surface area contributed by atoms with Crippen LogP contribution in [0.25, 0.3) is 0 Å². The summed E-state index contributed by atoms with van der Waals surface area (Å²) in [7, 11) is 0. The molecule has 1 spiro atoms. The Bertz CT molecular complexity index is 359. The molecule has 1 fully saturated rings. The van der Waals surface area contributed by atoms with E-state index in [0.717, 1.165) is 12.8 Å². The molecule has 0 saturated carbocycles. The van der Waals surface area contributed by atoms with Crippen molar-refractivity contribution in [1.29, 1.82) is 5.26 Å². The molecule has 0 radical (unpaired) electrons. The molecule has 2 aliphatic rings. The van der Waals surface area contributed by atoms with Gasteiger partial charge >= 0.3 is 0 Å². The Labute approximate surface area is 103 Å². The molecule has 1 heterocycles. The fourth-order valence-electron chi connectivity index (χ4n) is 3.28. The largest absolute Gasteiger partial charge is 0.347 e. The minimum Gasteiger partial charge on any atom is -0.347 e. The SMILES string of the molecule is CC1=CCC2(OCCO2)C(C)(C)[C@@H]1CCC#N. The molecule has 2 rings (SSSR count). The summed E-state index contributed by atoms with van der Waals surface area (Å²) in [4.78, 5) is 0. The molecule has 3 nitrogen and oxygen atoms in total. The zero-order valence-corrected chi connectivity index (χ0v) is 11.0. The first-order valence-corrected chi connectivity index (χ1v) is 6.35. The lowest BCUT2D eigenvalue weighted by molar-refractivity contribution is -0.242. The lowest BCUT2D eigenvalue weighted by atomic mass is 9.63. The molecule has 0 N–H and O–H groups in total. The van der Waals surface area contributed by atoms with Gasteiger partial charge in [-0.2, -0.15) is 5.26 Å². The van der Waals surface area contributed by atoms with Gasteiger partial charge in [-0.1, -0.05) is 25.5 Å².